The van der Waals surface area contributed by atoms with Crippen molar-refractivity contribution >= 4 is 0 Å². The fourth-order valence-corrected chi connectivity index (χ4v) is 10.8. The molecule has 85 heavy (non-hydrogen) atoms. The number of aliphatic hydroxyl groups is 1. The van der Waals surface area contributed by atoms with E-state index < -0.39 is 67.3 Å². The molecule has 0 bridgehead atoms. The zero-order valence-corrected chi connectivity index (χ0v) is 48.2. The van der Waals surface area contributed by atoms with E-state index in [-0.39, 0.29) is 52.9 Å². The van der Waals surface area contributed by atoms with Gasteiger partial charge in [-0.1, -0.05) is 218 Å². The van der Waals surface area contributed by atoms with Crippen LogP contribution in [-0.2, 0) is 93.6 Å². The minimum atomic E-state index is -1.35. The Morgan fingerprint density at radius 3 is 1.19 bits per heavy atom. The molecule has 0 amide bonds. The lowest BCUT2D eigenvalue weighted by molar-refractivity contribution is -0.363. The second-order valence-corrected chi connectivity index (χ2v) is 21.1. The van der Waals surface area contributed by atoms with Crippen LogP contribution in [0.5, 0.6) is 11.5 Å². The number of aliphatic hydroxyl groups excluding tert-OH is 1. The molecule has 8 aromatic carbocycles. The van der Waals surface area contributed by atoms with E-state index in [0.29, 0.717) is 18.1 Å². The molecule has 1 aliphatic heterocycles. The summed E-state index contributed by atoms with van der Waals surface area (Å²) in [6.07, 6.45) is -9.37. The fraction of sp³-hybridized carbons (Fsp3) is 0.306. The monoisotopic (exact) mass is 1150 g/mol. The van der Waals surface area contributed by atoms with Gasteiger partial charge < -0.3 is 61.9 Å². The van der Waals surface area contributed by atoms with Crippen molar-refractivity contribution in [3.05, 3.63) is 276 Å². The fourth-order valence-electron chi connectivity index (χ4n) is 10.8. The molecule has 442 valence electrons. The van der Waals surface area contributed by atoms with Crippen LogP contribution in [-0.4, -0.2) is 99.9 Å². The summed E-state index contributed by atoms with van der Waals surface area (Å²) in [5, 5.41) is 13.1. The normalized spacial score (nSPS) is 23.0. The summed E-state index contributed by atoms with van der Waals surface area (Å²) in [5.74, 6) is 1.28. The second kappa shape index (κ2) is 31.7. The van der Waals surface area contributed by atoms with E-state index in [2.05, 4.69) is 6.58 Å². The van der Waals surface area contributed by atoms with Crippen LogP contribution in [0, 0.1) is 0 Å². The standard InChI is InChI=1S/C72H76O13/c1-4-41-77-66-63(73)65(79-49-57-35-37-58(38-36-57)59-39-40-60(74-2)61(42-59)75-3)68(81-46-54-29-17-8-18-30-54)69(82-47-55-31-19-9-20-32-55)70(66)85-72-71(83-48-56-33-21-10-22-34-56)67(80-45-53-27-15-7-16-28-53)64(78-44-52-25-13-6-14-26-52)62(84-72)50-76-43-51-23-11-5-12-24-51/h4-40,42,62-73H,1,41,43-50H2,2-3H3/t62-,63-,64-,65+,66-,67+,68-,69+,70+,71+,72-/m1/s1. The summed E-state index contributed by atoms with van der Waals surface area (Å²) in [6, 6.07) is 73.6. The number of rotatable bonds is 30. The van der Waals surface area contributed by atoms with Crippen LogP contribution < -0.4 is 9.47 Å². The van der Waals surface area contributed by atoms with Gasteiger partial charge in [-0.2, -0.15) is 0 Å². The molecule has 1 aliphatic carbocycles. The maximum Gasteiger partial charge on any atom is 0.187 e. The van der Waals surface area contributed by atoms with Crippen LogP contribution in [0.2, 0.25) is 0 Å². The van der Waals surface area contributed by atoms with Gasteiger partial charge in [0.2, 0.25) is 0 Å². The SMILES string of the molecule is C=CCO[C@@H]1[C@H](O)[C@H](OCc2ccc(-c3ccc(OC)c(OC)c3)cc2)[C@@H](OCc2ccccc2)[C@H](OCc2ccccc2)[C@H]1O[C@H]1O[C@H](COCc2ccccc2)[C@@H](OCc2ccccc2)[C@H](OCc2ccccc2)[C@@H]1OCc1ccccc1. The summed E-state index contributed by atoms with van der Waals surface area (Å²) in [6.45, 7) is 5.54. The van der Waals surface area contributed by atoms with Crippen molar-refractivity contribution < 1.29 is 61.9 Å². The van der Waals surface area contributed by atoms with Crippen molar-refractivity contribution in [2.75, 3.05) is 27.4 Å². The first-order valence-electron chi connectivity index (χ1n) is 29.0. The minimum Gasteiger partial charge on any atom is -0.493 e. The van der Waals surface area contributed by atoms with Crippen LogP contribution in [0.3, 0.4) is 0 Å². The Labute approximate surface area is 499 Å². The molecule has 2 aliphatic rings. The smallest absolute Gasteiger partial charge is 0.187 e. The van der Waals surface area contributed by atoms with Crippen LogP contribution in [0.4, 0.5) is 0 Å². The van der Waals surface area contributed by atoms with Gasteiger partial charge in [0.1, 0.15) is 61.0 Å². The number of methoxy groups -OCH3 is 2. The molecule has 1 heterocycles. The predicted octanol–water partition coefficient (Wildman–Crippen LogP) is 12.5. The molecule has 0 spiro atoms. The Kier molecular flexibility index (Phi) is 22.7. The highest BCUT2D eigenvalue weighted by Gasteiger charge is 2.57. The molecule has 1 N–H and O–H groups in total. The highest BCUT2D eigenvalue weighted by atomic mass is 16.7. The number of hydrogen-bond donors (Lipinski definition) is 1. The van der Waals surface area contributed by atoms with Gasteiger partial charge >= 0.3 is 0 Å². The van der Waals surface area contributed by atoms with E-state index >= 15 is 0 Å². The Bertz CT molecular complexity index is 3180. The van der Waals surface area contributed by atoms with Crippen LogP contribution >= 0.6 is 0 Å². The van der Waals surface area contributed by atoms with Crippen molar-refractivity contribution in [2.24, 2.45) is 0 Å². The highest BCUT2D eigenvalue weighted by Crippen LogP contribution is 2.39. The molecular weight excluding hydrogens is 1070 g/mol. The van der Waals surface area contributed by atoms with E-state index in [1.165, 1.54) is 0 Å². The largest absolute Gasteiger partial charge is 0.493 e. The van der Waals surface area contributed by atoms with E-state index in [9.17, 15) is 5.11 Å². The molecule has 0 radical (unpaired) electrons. The van der Waals surface area contributed by atoms with Crippen LogP contribution in [0.15, 0.2) is 237 Å². The second-order valence-electron chi connectivity index (χ2n) is 21.1. The van der Waals surface area contributed by atoms with E-state index in [1.807, 2.05) is 224 Å². The molecule has 8 aromatic rings. The van der Waals surface area contributed by atoms with Gasteiger partial charge in [-0.15, -0.1) is 6.58 Å². The van der Waals surface area contributed by atoms with Crippen molar-refractivity contribution in [3.63, 3.8) is 0 Å². The number of ether oxygens (including phenoxy) is 12. The molecule has 2 fully saturated rings. The minimum absolute atomic E-state index is 0.0560. The van der Waals surface area contributed by atoms with Crippen molar-refractivity contribution in [3.8, 4) is 22.6 Å². The number of hydrogen-bond acceptors (Lipinski definition) is 13. The Hall–Kier alpha value is -7.34. The average molecular weight is 1150 g/mol. The third-order valence-electron chi connectivity index (χ3n) is 15.2. The molecule has 0 unspecified atom stereocenters. The first-order valence-corrected chi connectivity index (χ1v) is 29.0. The quantitative estimate of drug-likeness (QED) is 0.0429. The lowest BCUT2D eigenvalue weighted by Gasteiger charge is -2.51. The first kappa shape index (κ1) is 60.8. The maximum atomic E-state index is 13.1. The summed E-state index contributed by atoms with van der Waals surface area (Å²) in [5.41, 5.74) is 8.45. The van der Waals surface area contributed by atoms with E-state index in [4.69, 9.17) is 56.8 Å². The molecule has 11 atom stereocenters. The summed E-state index contributed by atoms with van der Waals surface area (Å²) < 4.78 is 81.7. The number of benzene rings is 8. The van der Waals surface area contributed by atoms with Crippen LogP contribution in [0.1, 0.15) is 38.9 Å². The lowest BCUT2D eigenvalue weighted by Crippen LogP contribution is -2.69. The predicted molar refractivity (Wildman–Crippen MR) is 324 cm³/mol. The maximum absolute atomic E-state index is 13.1. The molecule has 1 saturated carbocycles. The lowest BCUT2D eigenvalue weighted by atomic mass is 9.83. The molecule has 0 aromatic heterocycles. The zero-order valence-electron chi connectivity index (χ0n) is 48.2. The summed E-state index contributed by atoms with van der Waals surface area (Å²) >= 11 is 0. The third-order valence-corrected chi connectivity index (χ3v) is 15.2. The van der Waals surface area contributed by atoms with Gasteiger partial charge in [0.25, 0.3) is 0 Å². The van der Waals surface area contributed by atoms with Crippen molar-refractivity contribution in [1.82, 2.24) is 0 Å². The summed E-state index contributed by atoms with van der Waals surface area (Å²) in [4.78, 5) is 0. The Balaban J connectivity index is 1.04. The Morgan fingerprint density at radius 1 is 0.376 bits per heavy atom. The van der Waals surface area contributed by atoms with Gasteiger partial charge in [0.05, 0.1) is 73.7 Å². The Morgan fingerprint density at radius 2 is 0.741 bits per heavy atom. The topological polar surface area (TPSA) is 131 Å². The average Bonchev–Trinajstić information content (AvgIpc) is 2.61. The third kappa shape index (κ3) is 16.8. The van der Waals surface area contributed by atoms with E-state index in [1.54, 1.807) is 20.3 Å². The zero-order chi connectivity index (χ0) is 58.4. The van der Waals surface area contributed by atoms with Crippen molar-refractivity contribution in [1.29, 1.82) is 0 Å². The van der Waals surface area contributed by atoms with E-state index in [0.717, 1.165) is 50.1 Å². The van der Waals surface area contributed by atoms with Gasteiger partial charge in [-0.05, 0) is 62.2 Å². The summed E-state index contributed by atoms with van der Waals surface area (Å²) in [7, 11) is 3.24. The molecule has 13 nitrogen and oxygen atoms in total. The highest BCUT2D eigenvalue weighted by molar-refractivity contribution is 5.67. The molecule has 13 heteroatoms. The molecule has 10 rings (SSSR count). The molecular formula is C72H76O13. The van der Waals surface area contributed by atoms with Gasteiger partial charge in [-0.25, -0.2) is 0 Å². The van der Waals surface area contributed by atoms with Gasteiger partial charge in [0, 0.05) is 0 Å². The molecule has 1 saturated heterocycles. The van der Waals surface area contributed by atoms with Gasteiger partial charge in [-0.3, -0.25) is 0 Å². The van der Waals surface area contributed by atoms with Crippen molar-refractivity contribution in [2.45, 2.75) is 114 Å². The first-order chi connectivity index (χ1) is 41.9. The van der Waals surface area contributed by atoms with Gasteiger partial charge in [0.15, 0.2) is 17.8 Å². The van der Waals surface area contributed by atoms with Crippen LogP contribution in [0.25, 0.3) is 11.1 Å².